The Morgan fingerprint density at radius 2 is 1.85 bits per heavy atom. The Morgan fingerprint density at radius 3 is 2.54 bits per heavy atom. The van der Waals surface area contributed by atoms with Gasteiger partial charge in [-0.15, -0.1) is 13.2 Å². The third kappa shape index (κ3) is 7.86. The summed E-state index contributed by atoms with van der Waals surface area (Å²) in [4.78, 5) is 35.9. The summed E-state index contributed by atoms with van der Waals surface area (Å²) >= 11 is 1.22. The van der Waals surface area contributed by atoms with E-state index >= 15 is 0 Å². The van der Waals surface area contributed by atoms with Crippen molar-refractivity contribution in [2.45, 2.75) is 45.9 Å². The van der Waals surface area contributed by atoms with Crippen LogP contribution >= 0.6 is 11.8 Å². The van der Waals surface area contributed by atoms with Crippen LogP contribution in [0.5, 0.6) is 11.5 Å². The first-order chi connectivity index (χ1) is 21.9. The van der Waals surface area contributed by atoms with Gasteiger partial charge in [0.1, 0.15) is 17.8 Å². The first kappa shape index (κ1) is 32.5. The minimum absolute atomic E-state index is 0.136. The normalized spacial score (nSPS) is 14.3. The zero-order valence-electron chi connectivity index (χ0n) is 25.5. The Bertz CT molecular complexity index is 1770. The molecule has 4 aromatic rings. The number of benzene rings is 3. The minimum atomic E-state index is -4.76. The van der Waals surface area contributed by atoms with Crippen molar-refractivity contribution >= 4 is 40.2 Å². The molecule has 0 spiro atoms. The van der Waals surface area contributed by atoms with E-state index in [-0.39, 0.29) is 23.3 Å². The quantitative estimate of drug-likeness (QED) is 0.206. The highest BCUT2D eigenvalue weighted by atomic mass is 32.2. The molecule has 1 aromatic heterocycles. The van der Waals surface area contributed by atoms with Gasteiger partial charge < -0.3 is 14.8 Å². The number of rotatable bonds is 9. The summed E-state index contributed by atoms with van der Waals surface area (Å²) in [7, 11) is 1.52. The maximum atomic E-state index is 13.0. The van der Waals surface area contributed by atoms with Crippen molar-refractivity contribution in [3.63, 3.8) is 0 Å². The van der Waals surface area contributed by atoms with Gasteiger partial charge in [-0.2, -0.15) is 10.1 Å². The van der Waals surface area contributed by atoms with Gasteiger partial charge in [0.25, 0.3) is 0 Å². The van der Waals surface area contributed by atoms with Crippen LogP contribution in [-0.4, -0.2) is 51.1 Å². The van der Waals surface area contributed by atoms with E-state index in [1.54, 1.807) is 12.1 Å². The second-order valence-electron chi connectivity index (χ2n) is 10.7. The Balaban J connectivity index is 1.24. The van der Waals surface area contributed by atoms with E-state index in [1.165, 1.54) is 59.0 Å². The van der Waals surface area contributed by atoms with Crippen LogP contribution in [0.15, 0.2) is 72.0 Å². The summed E-state index contributed by atoms with van der Waals surface area (Å²) < 4.78 is 48.2. The zero-order chi connectivity index (χ0) is 33.0. The summed E-state index contributed by atoms with van der Waals surface area (Å²) in [5.41, 5.74) is 4.56. The Kier molecular flexibility index (Phi) is 9.65. The van der Waals surface area contributed by atoms with Gasteiger partial charge in [-0.25, -0.2) is 14.5 Å². The van der Waals surface area contributed by atoms with Crippen molar-refractivity contribution in [2.75, 3.05) is 23.1 Å². The molecule has 1 aliphatic rings. The molecule has 240 valence electrons. The van der Waals surface area contributed by atoms with E-state index in [0.29, 0.717) is 41.0 Å². The van der Waals surface area contributed by atoms with Crippen LogP contribution in [0.1, 0.15) is 42.3 Å². The molecule has 14 heteroatoms. The average molecular weight is 653 g/mol. The molecule has 3 amide bonds. The van der Waals surface area contributed by atoms with Crippen molar-refractivity contribution in [3.8, 4) is 17.2 Å². The smallest absolute Gasteiger partial charge is 0.496 e. The number of carbonyl (C=O) groups excluding carboxylic acids is 2. The van der Waals surface area contributed by atoms with Crippen LogP contribution in [0.3, 0.4) is 0 Å². The van der Waals surface area contributed by atoms with Crippen LogP contribution in [0, 0.1) is 6.92 Å². The number of hydrogen-bond acceptors (Lipinski definition) is 7. The number of anilines is 2. The molecule has 5 rings (SSSR count). The summed E-state index contributed by atoms with van der Waals surface area (Å²) in [6.45, 7) is 6.05. The molecule has 0 atom stereocenters. The lowest BCUT2D eigenvalue weighted by atomic mass is 9.99. The summed E-state index contributed by atoms with van der Waals surface area (Å²) in [5, 5.41) is 7.49. The van der Waals surface area contributed by atoms with Crippen LogP contribution in [0.25, 0.3) is 5.69 Å². The van der Waals surface area contributed by atoms with Gasteiger partial charge in [-0.3, -0.25) is 9.69 Å². The molecule has 0 radical (unpaired) electrons. The van der Waals surface area contributed by atoms with Gasteiger partial charge in [0.15, 0.2) is 11.0 Å². The topological polar surface area (TPSA) is 111 Å². The van der Waals surface area contributed by atoms with E-state index in [0.717, 1.165) is 22.4 Å². The Hall–Kier alpha value is -4.85. The molecule has 10 nitrogen and oxygen atoms in total. The molecule has 1 fully saturated rings. The number of urea groups is 1. The van der Waals surface area contributed by atoms with Crippen LogP contribution in [0.4, 0.5) is 29.3 Å². The molecule has 2 heterocycles. The molecule has 46 heavy (non-hydrogen) atoms. The standard InChI is InChI=1S/C32H31F3N6O4S/c1-19(2)25-13-5-20(3)15-26(25)41-29(42)17-46-31(41)38-30(43)37-22-8-6-21(27(16-22)44-4)7-14-28-36-18-40(39-28)23-9-11-24(12-10-23)45-32(33,34)35/h5-6,8-13,15-16,18-19H,7,14,17H2,1-4H3,(H,37,43). The van der Waals surface area contributed by atoms with E-state index in [4.69, 9.17) is 4.74 Å². The van der Waals surface area contributed by atoms with E-state index in [2.05, 4.69) is 25.1 Å². The van der Waals surface area contributed by atoms with E-state index < -0.39 is 12.4 Å². The van der Waals surface area contributed by atoms with Gasteiger partial charge in [-0.05, 0) is 72.4 Å². The predicted octanol–water partition coefficient (Wildman–Crippen LogP) is 7.06. The monoisotopic (exact) mass is 652 g/mol. The number of hydrogen-bond donors (Lipinski definition) is 1. The van der Waals surface area contributed by atoms with Gasteiger partial charge >= 0.3 is 12.4 Å². The number of carbonyl (C=O) groups is 2. The second kappa shape index (κ2) is 13.6. The average Bonchev–Trinajstić information content (AvgIpc) is 3.62. The lowest BCUT2D eigenvalue weighted by Gasteiger charge is -2.22. The number of aliphatic imine (C=N–C) groups is 1. The molecular weight excluding hydrogens is 621 g/mol. The highest BCUT2D eigenvalue weighted by Gasteiger charge is 2.33. The molecule has 3 aromatic carbocycles. The number of amidine groups is 1. The molecular formula is C32H31F3N6O4S. The molecule has 1 N–H and O–H groups in total. The third-order valence-corrected chi connectivity index (χ3v) is 7.97. The second-order valence-corrected chi connectivity index (χ2v) is 11.7. The number of aryl methyl sites for hydroxylation is 3. The predicted molar refractivity (Wildman–Crippen MR) is 170 cm³/mol. The molecule has 0 aliphatic carbocycles. The zero-order valence-corrected chi connectivity index (χ0v) is 26.3. The summed E-state index contributed by atoms with van der Waals surface area (Å²) in [6.07, 6.45) is -2.31. The molecule has 1 aliphatic heterocycles. The molecule has 0 unspecified atom stereocenters. The van der Waals surface area contributed by atoms with Crippen LogP contribution < -0.4 is 19.7 Å². The maximum absolute atomic E-state index is 13.0. The lowest BCUT2D eigenvalue weighted by molar-refractivity contribution is -0.274. The number of halogens is 3. The highest BCUT2D eigenvalue weighted by Crippen LogP contribution is 2.34. The number of nitrogens with zero attached hydrogens (tertiary/aromatic N) is 5. The van der Waals surface area contributed by atoms with Gasteiger partial charge in [0.2, 0.25) is 5.91 Å². The van der Waals surface area contributed by atoms with E-state index in [9.17, 15) is 22.8 Å². The largest absolute Gasteiger partial charge is 0.573 e. The van der Waals surface area contributed by atoms with Crippen molar-refractivity contribution in [1.82, 2.24) is 14.8 Å². The summed E-state index contributed by atoms with van der Waals surface area (Å²) in [5.74, 6) is 0.961. The lowest BCUT2D eigenvalue weighted by Crippen LogP contribution is -2.31. The fourth-order valence-electron chi connectivity index (χ4n) is 4.87. The first-order valence-electron chi connectivity index (χ1n) is 14.3. The van der Waals surface area contributed by atoms with Crippen molar-refractivity contribution in [1.29, 1.82) is 0 Å². The van der Waals surface area contributed by atoms with Crippen molar-refractivity contribution in [2.24, 2.45) is 4.99 Å². The SMILES string of the molecule is COc1cc(NC(=O)N=C2SCC(=O)N2c2cc(C)ccc2C(C)C)ccc1CCc1ncn(-c2ccc(OC(F)(F)F)cc2)n1. The molecule has 1 saturated heterocycles. The van der Waals surface area contributed by atoms with Crippen molar-refractivity contribution < 1.29 is 32.2 Å². The van der Waals surface area contributed by atoms with Gasteiger partial charge in [0.05, 0.1) is 24.2 Å². The highest BCUT2D eigenvalue weighted by molar-refractivity contribution is 8.15. The first-order valence-corrected chi connectivity index (χ1v) is 15.3. The number of ether oxygens (including phenoxy) is 2. The van der Waals surface area contributed by atoms with Crippen molar-refractivity contribution in [3.05, 3.63) is 89.5 Å². The van der Waals surface area contributed by atoms with Crippen LogP contribution in [0.2, 0.25) is 0 Å². The molecule has 0 saturated carbocycles. The Morgan fingerprint density at radius 1 is 1.09 bits per heavy atom. The number of methoxy groups -OCH3 is 1. The number of amides is 3. The molecule has 0 bridgehead atoms. The van der Waals surface area contributed by atoms with Crippen LogP contribution in [-0.2, 0) is 17.6 Å². The number of alkyl halides is 3. The fraction of sp³-hybridized carbons (Fsp3) is 0.281. The fourth-order valence-corrected chi connectivity index (χ4v) is 5.73. The maximum Gasteiger partial charge on any atom is 0.573 e. The number of thioether (sulfide) groups is 1. The Labute approximate surface area is 267 Å². The minimum Gasteiger partial charge on any atom is -0.496 e. The third-order valence-electron chi connectivity index (χ3n) is 7.04. The van der Waals surface area contributed by atoms with Gasteiger partial charge in [-0.1, -0.05) is 43.8 Å². The number of aromatic nitrogens is 3. The summed E-state index contributed by atoms with van der Waals surface area (Å²) in [6, 6.07) is 15.9. The number of nitrogens with one attached hydrogen (secondary N) is 1. The van der Waals surface area contributed by atoms with E-state index in [1.807, 2.05) is 45.0 Å². The van der Waals surface area contributed by atoms with Gasteiger partial charge in [0, 0.05) is 18.2 Å².